The molecule has 1 heterocycles. The van der Waals surface area contributed by atoms with Crippen LogP contribution in [0.1, 0.15) is 13.8 Å². The predicted octanol–water partition coefficient (Wildman–Crippen LogP) is 1.61. The van der Waals surface area contributed by atoms with Gasteiger partial charge in [0.05, 0.1) is 24.8 Å². The minimum atomic E-state index is -4.67. The van der Waals surface area contributed by atoms with Gasteiger partial charge in [-0.15, -0.1) is 0 Å². The first-order valence-electron chi connectivity index (χ1n) is 8.72. The van der Waals surface area contributed by atoms with Crippen molar-refractivity contribution < 1.29 is 31.5 Å². The van der Waals surface area contributed by atoms with E-state index in [1.54, 1.807) is 12.2 Å². The molecule has 0 saturated carbocycles. The number of hydrogen-bond acceptors (Lipinski definition) is 5. The molecule has 0 aliphatic carbocycles. The highest BCUT2D eigenvalue weighted by atomic mass is 19.4. The predicted molar refractivity (Wildman–Crippen MR) is 97.3 cm³/mol. The molecule has 2 rings (SSSR count). The Morgan fingerprint density at radius 1 is 1.23 bits per heavy atom. The highest BCUT2D eigenvalue weighted by molar-refractivity contribution is 5.94. The van der Waals surface area contributed by atoms with Crippen molar-refractivity contribution in [3.63, 3.8) is 0 Å². The second kappa shape index (κ2) is 8.73. The zero-order valence-electron chi connectivity index (χ0n) is 16.1. The van der Waals surface area contributed by atoms with Gasteiger partial charge in [0.25, 0.3) is 5.91 Å². The second-order valence-corrected chi connectivity index (χ2v) is 6.79. The van der Waals surface area contributed by atoms with Crippen LogP contribution in [-0.2, 0) is 4.79 Å². The number of nitrogens with one attached hydrogen (secondary N) is 2. The number of carbonyl (C=O) groups is 2. The Labute approximate surface area is 168 Å². The van der Waals surface area contributed by atoms with Crippen molar-refractivity contribution in [2.75, 3.05) is 18.4 Å². The third kappa shape index (κ3) is 5.28. The van der Waals surface area contributed by atoms with Crippen LogP contribution < -0.4 is 22.2 Å². The molecule has 3 amide bonds. The number of hydrogen-bond donors (Lipinski definition) is 4. The maximum Gasteiger partial charge on any atom is 0.408 e. The average Bonchev–Trinajstić information content (AvgIpc) is 2.63. The Bertz CT molecular complexity index is 860. The van der Waals surface area contributed by atoms with Gasteiger partial charge in [0.2, 0.25) is 0 Å². The van der Waals surface area contributed by atoms with E-state index in [9.17, 15) is 31.5 Å². The van der Waals surface area contributed by atoms with Gasteiger partial charge in [-0.3, -0.25) is 4.79 Å². The number of nitrogens with zero attached hydrogens (tertiary/aromatic N) is 2. The summed E-state index contributed by atoms with van der Waals surface area (Å²) < 4.78 is 64.3. The van der Waals surface area contributed by atoms with Crippen molar-refractivity contribution in [3.8, 4) is 0 Å². The van der Waals surface area contributed by atoms with Gasteiger partial charge in [0.15, 0.2) is 11.6 Å². The zero-order chi connectivity index (χ0) is 22.8. The summed E-state index contributed by atoms with van der Waals surface area (Å²) in [7, 11) is 0. The lowest BCUT2D eigenvalue weighted by atomic mass is 10.1. The molecule has 0 aromatic heterocycles. The van der Waals surface area contributed by atoms with Crippen LogP contribution in [0.5, 0.6) is 0 Å². The molecule has 0 unspecified atom stereocenters. The lowest BCUT2D eigenvalue weighted by Gasteiger charge is -2.40. The monoisotopic (exact) mass is 436 g/mol. The lowest BCUT2D eigenvalue weighted by Crippen LogP contribution is -2.57. The maximum absolute atomic E-state index is 13.3. The highest BCUT2D eigenvalue weighted by Crippen LogP contribution is 2.22. The van der Waals surface area contributed by atoms with Crippen LogP contribution in [0.15, 0.2) is 29.6 Å². The van der Waals surface area contributed by atoms with Crippen LogP contribution in [-0.4, -0.2) is 53.2 Å². The van der Waals surface area contributed by atoms with E-state index in [0.29, 0.717) is 0 Å². The molecular weight excluding hydrogens is 415 g/mol. The molecule has 166 valence electrons. The number of halogens is 5. The van der Waals surface area contributed by atoms with Gasteiger partial charge in [0, 0.05) is 11.8 Å². The van der Waals surface area contributed by atoms with E-state index in [1.165, 1.54) is 4.90 Å². The minimum Gasteiger partial charge on any atom is -0.393 e. The van der Waals surface area contributed by atoms with Gasteiger partial charge < -0.3 is 26.3 Å². The number of urea groups is 1. The normalized spacial score (nSPS) is 19.9. The Hall–Kier alpha value is -3.09. The quantitative estimate of drug-likeness (QED) is 0.326. The van der Waals surface area contributed by atoms with Crippen molar-refractivity contribution in [2.45, 2.75) is 32.1 Å². The van der Waals surface area contributed by atoms with Crippen molar-refractivity contribution in [1.29, 1.82) is 0 Å². The number of alkyl halides is 3. The first-order chi connectivity index (χ1) is 13.8. The number of piperazine rings is 1. The van der Waals surface area contributed by atoms with Crippen molar-refractivity contribution in [3.05, 3.63) is 41.2 Å². The number of nitrogens with two attached hydrogens (primary N) is 2. The standard InChI is InChI=1S/C17H21F5N6O2/c1-8-6-28(24)13(14(23)15(29)25-9(2)17(20,21)22)7-27(8)16(30)26-10-3-4-11(18)12(19)5-10/h3-5,8-9H,6-7,23-24H2,1-2H3,(H,25,29)(H,26,30)/b14-13-/t8-,9-/m0/s1. The van der Waals surface area contributed by atoms with Crippen molar-refractivity contribution in [2.24, 2.45) is 11.6 Å². The fraction of sp³-hybridized carbons (Fsp3) is 0.412. The molecule has 1 aromatic rings. The molecule has 2 atom stereocenters. The Balaban J connectivity index is 2.18. The topological polar surface area (TPSA) is 117 Å². The van der Waals surface area contributed by atoms with E-state index in [1.807, 2.05) is 0 Å². The number of hydrazine groups is 1. The van der Waals surface area contributed by atoms with Crippen LogP contribution in [0, 0.1) is 11.6 Å². The van der Waals surface area contributed by atoms with E-state index in [0.717, 1.165) is 30.1 Å². The summed E-state index contributed by atoms with van der Waals surface area (Å²) >= 11 is 0. The zero-order valence-corrected chi connectivity index (χ0v) is 16.1. The van der Waals surface area contributed by atoms with E-state index in [4.69, 9.17) is 11.6 Å². The van der Waals surface area contributed by atoms with Crippen LogP contribution in [0.3, 0.4) is 0 Å². The van der Waals surface area contributed by atoms with Crippen molar-refractivity contribution >= 4 is 17.6 Å². The van der Waals surface area contributed by atoms with Crippen molar-refractivity contribution in [1.82, 2.24) is 15.2 Å². The molecule has 6 N–H and O–H groups in total. The molecule has 1 aliphatic heterocycles. The smallest absolute Gasteiger partial charge is 0.393 e. The SMILES string of the molecule is C[C@H](NC(=O)/C(N)=C1\CN(C(=O)Nc2ccc(F)c(F)c2)[C@@H](C)CN1N)C(F)(F)F. The fourth-order valence-electron chi connectivity index (χ4n) is 2.67. The molecule has 1 aromatic carbocycles. The second-order valence-electron chi connectivity index (χ2n) is 6.79. The summed E-state index contributed by atoms with van der Waals surface area (Å²) in [6, 6.07) is -0.594. The molecule has 0 bridgehead atoms. The lowest BCUT2D eigenvalue weighted by molar-refractivity contribution is -0.156. The number of anilines is 1. The minimum absolute atomic E-state index is 0.0171. The molecule has 0 radical (unpaired) electrons. The van der Waals surface area contributed by atoms with Crippen LogP contribution in [0.25, 0.3) is 0 Å². The Morgan fingerprint density at radius 3 is 2.43 bits per heavy atom. The molecule has 0 spiro atoms. The number of amides is 3. The van der Waals surface area contributed by atoms with Gasteiger partial charge in [-0.2, -0.15) is 13.2 Å². The molecular formula is C17H21F5N6O2. The van der Waals surface area contributed by atoms with E-state index in [2.05, 4.69) is 5.32 Å². The first-order valence-corrected chi connectivity index (χ1v) is 8.72. The molecule has 13 heteroatoms. The summed E-state index contributed by atoms with van der Waals surface area (Å²) in [5, 5.41) is 5.16. The van der Waals surface area contributed by atoms with Gasteiger partial charge in [0.1, 0.15) is 11.7 Å². The van der Waals surface area contributed by atoms with Gasteiger partial charge in [-0.25, -0.2) is 19.4 Å². The fourth-order valence-corrected chi connectivity index (χ4v) is 2.67. The summed E-state index contributed by atoms with van der Waals surface area (Å²) in [6.07, 6.45) is -4.67. The largest absolute Gasteiger partial charge is 0.408 e. The molecule has 8 nitrogen and oxygen atoms in total. The van der Waals surface area contributed by atoms with Crippen LogP contribution in [0.2, 0.25) is 0 Å². The van der Waals surface area contributed by atoms with E-state index < -0.39 is 47.5 Å². The van der Waals surface area contributed by atoms with E-state index in [-0.39, 0.29) is 24.5 Å². The maximum atomic E-state index is 13.3. The summed E-state index contributed by atoms with van der Waals surface area (Å²) in [5.41, 5.74) is 5.04. The highest BCUT2D eigenvalue weighted by Gasteiger charge is 2.38. The summed E-state index contributed by atoms with van der Waals surface area (Å²) in [6.45, 7) is 2.10. The Kier molecular flexibility index (Phi) is 6.75. The van der Waals surface area contributed by atoms with Gasteiger partial charge in [-0.1, -0.05) is 0 Å². The van der Waals surface area contributed by atoms with Gasteiger partial charge >= 0.3 is 12.2 Å². The van der Waals surface area contributed by atoms with Crippen LogP contribution >= 0.6 is 0 Å². The summed E-state index contributed by atoms with van der Waals surface area (Å²) in [5.74, 6) is 2.38. The third-order valence-electron chi connectivity index (χ3n) is 4.49. The third-order valence-corrected chi connectivity index (χ3v) is 4.49. The van der Waals surface area contributed by atoms with Gasteiger partial charge in [-0.05, 0) is 26.0 Å². The first kappa shape index (κ1) is 23.2. The number of carbonyl (C=O) groups excluding carboxylic acids is 2. The molecule has 1 aliphatic rings. The molecule has 30 heavy (non-hydrogen) atoms. The molecule has 1 fully saturated rings. The van der Waals surface area contributed by atoms with Crippen LogP contribution in [0.4, 0.5) is 32.4 Å². The molecule has 1 saturated heterocycles. The Morgan fingerprint density at radius 2 is 1.87 bits per heavy atom. The number of rotatable bonds is 3. The van der Waals surface area contributed by atoms with E-state index >= 15 is 0 Å². The average molecular weight is 436 g/mol. The summed E-state index contributed by atoms with van der Waals surface area (Å²) in [4.78, 5) is 25.8. The number of benzene rings is 1.